The molecule has 0 spiro atoms. The molecule has 1 atom stereocenters. The molecule has 6 heteroatoms. The fourth-order valence-electron chi connectivity index (χ4n) is 3.26. The van der Waals surface area contributed by atoms with Crippen LogP contribution in [-0.4, -0.2) is 37.5 Å². The number of hydrogen-bond donors (Lipinski definition) is 0. The highest BCUT2D eigenvalue weighted by Crippen LogP contribution is 2.42. The molecule has 1 aromatic rings. The monoisotopic (exact) mass is 334 g/mol. The summed E-state index contributed by atoms with van der Waals surface area (Å²) >= 11 is 0. The summed E-state index contributed by atoms with van der Waals surface area (Å²) in [4.78, 5) is 26.4. The van der Waals surface area contributed by atoms with Crippen LogP contribution in [0.15, 0.2) is 30.3 Å². The molecule has 0 saturated carbocycles. The smallest absolute Gasteiger partial charge is 0.311 e. The molecule has 120 valence electrons. The van der Waals surface area contributed by atoms with Crippen molar-refractivity contribution in [3.8, 4) is 0 Å². The second-order valence-electron chi connectivity index (χ2n) is 8.04. The van der Waals surface area contributed by atoms with Crippen molar-refractivity contribution in [1.29, 1.82) is 0 Å². The first-order valence-corrected chi connectivity index (χ1v) is 14.6. The summed E-state index contributed by atoms with van der Waals surface area (Å²) in [5.74, 6) is -0.0645. The number of urea groups is 1. The molecule has 0 aromatic heterocycles. The van der Waals surface area contributed by atoms with Gasteiger partial charge >= 0.3 is 6.03 Å². The van der Waals surface area contributed by atoms with Gasteiger partial charge in [0.25, 0.3) is 5.91 Å². The first-order chi connectivity index (χ1) is 9.91. The van der Waals surface area contributed by atoms with E-state index in [0.29, 0.717) is 0 Å². The van der Waals surface area contributed by atoms with E-state index in [1.54, 1.807) is 4.57 Å². The van der Waals surface area contributed by atoms with Crippen LogP contribution in [0.5, 0.6) is 0 Å². The van der Waals surface area contributed by atoms with Crippen molar-refractivity contribution in [1.82, 2.24) is 9.13 Å². The maximum atomic E-state index is 13.3. The largest absolute Gasteiger partial charge is 0.335 e. The Hall–Kier alpha value is -1.41. The molecule has 1 saturated heterocycles. The minimum atomic E-state index is -2.08. The first-order valence-electron chi connectivity index (χ1n) is 7.66. The molecule has 0 aliphatic carbocycles. The fraction of sp³-hybridized carbons (Fsp3) is 0.500. The molecule has 2 rings (SSSR count). The topological polar surface area (TPSA) is 40.6 Å². The van der Waals surface area contributed by atoms with Gasteiger partial charge in [0, 0.05) is 0 Å². The van der Waals surface area contributed by atoms with Gasteiger partial charge in [0.1, 0.15) is 5.54 Å². The number of carbonyl (C=O) groups excluding carboxylic acids is 2. The van der Waals surface area contributed by atoms with Gasteiger partial charge in [-0.25, -0.2) is 4.79 Å². The van der Waals surface area contributed by atoms with Crippen molar-refractivity contribution in [2.24, 2.45) is 0 Å². The quantitative estimate of drug-likeness (QED) is 0.622. The lowest BCUT2D eigenvalue weighted by molar-refractivity contribution is -0.129. The third-order valence-electron chi connectivity index (χ3n) is 4.13. The van der Waals surface area contributed by atoms with Crippen molar-refractivity contribution < 1.29 is 9.59 Å². The summed E-state index contributed by atoms with van der Waals surface area (Å²) in [7, 11) is -4.10. The van der Waals surface area contributed by atoms with Gasteiger partial charge in [0.05, 0.1) is 0 Å². The van der Waals surface area contributed by atoms with Crippen LogP contribution in [0.1, 0.15) is 12.5 Å². The molecule has 4 nitrogen and oxygen atoms in total. The second-order valence-corrected chi connectivity index (χ2v) is 17.6. The maximum absolute atomic E-state index is 13.3. The van der Waals surface area contributed by atoms with E-state index in [4.69, 9.17) is 0 Å². The van der Waals surface area contributed by atoms with Crippen molar-refractivity contribution in [3.63, 3.8) is 0 Å². The summed E-state index contributed by atoms with van der Waals surface area (Å²) < 4.78 is 3.45. The number of amides is 3. The van der Waals surface area contributed by atoms with Crippen LogP contribution in [-0.2, 0) is 10.3 Å². The molecule has 1 unspecified atom stereocenters. The molecule has 0 N–H and O–H groups in total. The summed E-state index contributed by atoms with van der Waals surface area (Å²) in [6.07, 6.45) is 0. The summed E-state index contributed by atoms with van der Waals surface area (Å²) in [6, 6.07) is 9.59. The molecule has 1 aliphatic heterocycles. The van der Waals surface area contributed by atoms with E-state index in [-0.39, 0.29) is 11.9 Å². The fourth-order valence-corrected chi connectivity index (χ4v) is 7.10. The van der Waals surface area contributed by atoms with Crippen molar-refractivity contribution >= 4 is 28.4 Å². The van der Waals surface area contributed by atoms with E-state index in [9.17, 15) is 9.59 Å². The average Bonchev–Trinajstić information content (AvgIpc) is 2.57. The zero-order chi connectivity index (χ0) is 16.9. The SMILES string of the molecule is CC1(c2ccccc2)C(=O)N([Si](C)(C)C)C(=O)N1[Si](C)(C)C. The Morgan fingerprint density at radius 1 is 0.864 bits per heavy atom. The minimum Gasteiger partial charge on any atom is -0.335 e. The standard InChI is InChI=1S/C16H26N2O2Si2/c1-16(13-11-9-8-10-12-13)14(19)17(21(2,3)4)15(20)18(16)22(5,6)7/h8-12H,1-7H3. The van der Waals surface area contributed by atoms with E-state index < -0.39 is 22.0 Å². The van der Waals surface area contributed by atoms with Crippen LogP contribution in [0.3, 0.4) is 0 Å². The van der Waals surface area contributed by atoms with Crippen molar-refractivity contribution in [3.05, 3.63) is 35.9 Å². The maximum Gasteiger partial charge on any atom is 0.311 e. The molecule has 1 fully saturated rings. The number of benzene rings is 1. The second kappa shape index (κ2) is 5.06. The molecular weight excluding hydrogens is 308 g/mol. The Labute approximate surface area is 135 Å². The van der Waals surface area contributed by atoms with Crippen LogP contribution in [0, 0.1) is 0 Å². The van der Waals surface area contributed by atoms with Gasteiger partial charge in [-0.05, 0) is 12.5 Å². The van der Waals surface area contributed by atoms with Crippen LogP contribution >= 0.6 is 0 Å². The van der Waals surface area contributed by atoms with Gasteiger partial charge in [0.15, 0.2) is 16.5 Å². The predicted octanol–water partition coefficient (Wildman–Crippen LogP) is 3.84. The lowest BCUT2D eigenvalue weighted by Crippen LogP contribution is -2.57. The van der Waals surface area contributed by atoms with Gasteiger partial charge in [-0.15, -0.1) is 0 Å². The van der Waals surface area contributed by atoms with Crippen molar-refractivity contribution in [2.45, 2.75) is 51.7 Å². The molecule has 0 bridgehead atoms. The molecule has 0 radical (unpaired) electrons. The van der Waals surface area contributed by atoms with Gasteiger partial charge < -0.3 is 4.57 Å². The Kier molecular flexibility index (Phi) is 3.90. The van der Waals surface area contributed by atoms with E-state index in [1.165, 1.54) is 0 Å². The van der Waals surface area contributed by atoms with Crippen LogP contribution in [0.2, 0.25) is 39.3 Å². The average molecular weight is 335 g/mol. The third kappa shape index (κ3) is 2.44. The Morgan fingerprint density at radius 2 is 1.36 bits per heavy atom. The van der Waals surface area contributed by atoms with E-state index >= 15 is 0 Å². The molecule has 3 amide bonds. The summed E-state index contributed by atoms with van der Waals surface area (Å²) in [5, 5.41) is 0. The molecule has 22 heavy (non-hydrogen) atoms. The van der Waals surface area contributed by atoms with Gasteiger partial charge in [0.2, 0.25) is 0 Å². The highest BCUT2D eigenvalue weighted by molar-refractivity contribution is 6.81. The van der Waals surface area contributed by atoms with Gasteiger partial charge in [-0.2, -0.15) is 0 Å². The lowest BCUT2D eigenvalue weighted by atomic mass is 9.92. The lowest BCUT2D eigenvalue weighted by Gasteiger charge is -2.40. The third-order valence-corrected chi connectivity index (χ3v) is 7.84. The molecular formula is C16H26N2O2Si2. The molecule has 1 heterocycles. The van der Waals surface area contributed by atoms with Gasteiger partial charge in [-0.1, -0.05) is 69.6 Å². The number of nitrogens with zero attached hydrogens (tertiary/aromatic N) is 2. The van der Waals surface area contributed by atoms with Crippen LogP contribution in [0.4, 0.5) is 4.79 Å². The zero-order valence-corrected chi connectivity index (χ0v) is 16.6. The van der Waals surface area contributed by atoms with Crippen LogP contribution in [0.25, 0.3) is 0 Å². The number of hydrogen-bond acceptors (Lipinski definition) is 2. The minimum absolute atomic E-state index is 0.0645. The van der Waals surface area contributed by atoms with Crippen LogP contribution < -0.4 is 0 Å². The zero-order valence-electron chi connectivity index (χ0n) is 14.6. The van der Waals surface area contributed by atoms with Crippen molar-refractivity contribution in [2.75, 3.05) is 0 Å². The first kappa shape index (κ1) is 17.0. The predicted molar refractivity (Wildman–Crippen MR) is 94.6 cm³/mol. The highest BCUT2D eigenvalue weighted by Gasteiger charge is 2.60. The summed E-state index contributed by atoms with van der Waals surface area (Å²) in [5.41, 5.74) is 0.0137. The number of imide groups is 1. The molecule has 1 aliphatic rings. The van der Waals surface area contributed by atoms with E-state index in [0.717, 1.165) is 5.56 Å². The Bertz CT molecular complexity index is 605. The normalized spacial score (nSPS) is 23.4. The van der Waals surface area contributed by atoms with E-state index in [1.807, 2.05) is 61.5 Å². The number of carbonyl (C=O) groups is 2. The Balaban J connectivity index is 2.69. The summed E-state index contributed by atoms with van der Waals surface area (Å²) in [6.45, 7) is 14.4. The van der Waals surface area contributed by atoms with E-state index in [2.05, 4.69) is 19.6 Å². The Morgan fingerprint density at radius 3 is 1.77 bits per heavy atom. The highest BCUT2D eigenvalue weighted by atomic mass is 28.3. The van der Waals surface area contributed by atoms with Gasteiger partial charge in [-0.3, -0.25) is 9.36 Å². The number of rotatable bonds is 3. The molecule has 1 aromatic carbocycles.